The number of imidazole rings is 1. The van der Waals surface area contributed by atoms with Crippen LogP contribution in [-0.2, 0) is 6.54 Å². The van der Waals surface area contributed by atoms with Crippen LogP contribution in [0.5, 0.6) is 0 Å². The quantitative estimate of drug-likeness (QED) is 0.876. The van der Waals surface area contributed by atoms with Gasteiger partial charge in [-0.1, -0.05) is 11.8 Å². The molecule has 0 radical (unpaired) electrons. The van der Waals surface area contributed by atoms with Crippen LogP contribution in [0.15, 0.2) is 29.3 Å². The molecule has 4 nitrogen and oxygen atoms in total. The van der Waals surface area contributed by atoms with E-state index in [0.29, 0.717) is 13.0 Å². The van der Waals surface area contributed by atoms with E-state index in [2.05, 4.69) is 11.8 Å². The number of thiophene rings is 1. The highest BCUT2D eigenvalue weighted by Gasteiger charge is 2.07. The summed E-state index contributed by atoms with van der Waals surface area (Å²) in [7, 11) is 0. The number of rotatable bonds is 4. The minimum Gasteiger partial charge on any atom is -0.395 e. The van der Waals surface area contributed by atoms with Crippen LogP contribution in [0.1, 0.15) is 36.1 Å². The molecule has 1 N–H and O–H groups in total. The number of aliphatic hydroxyl groups excluding tert-OH is 1. The van der Waals surface area contributed by atoms with Crippen molar-refractivity contribution in [1.29, 1.82) is 0 Å². The van der Waals surface area contributed by atoms with E-state index in [1.807, 2.05) is 38.4 Å². The maximum atomic E-state index is 12.1. The minimum absolute atomic E-state index is 0.0151. The van der Waals surface area contributed by atoms with Gasteiger partial charge in [-0.3, -0.25) is 9.13 Å². The first-order chi connectivity index (χ1) is 9.61. The second-order valence-corrected chi connectivity index (χ2v) is 5.92. The molecule has 0 aliphatic carbocycles. The Labute approximate surface area is 122 Å². The van der Waals surface area contributed by atoms with Crippen LogP contribution in [0.2, 0.25) is 0 Å². The van der Waals surface area contributed by atoms with Gasteiger partial charge in [-0.15, -0.1) is 11.3 Å². The first-order valence-corrected chi connectivity index (χ1v) is 7.39. The highest BCUT2D eigenvalue weighted by atomic mass is 32.1. The van der Waals surface area contributed by atoms with Gasteiger partial charge in [-0.25, -0.2) is 4.79 Å². The fourth-order valence-corrected chi connectivity index (χ4v) is 2.73. The van der Waals surface area contributed by atoms with Crippen molar-refractivity contribution in [1.82, 2.24) is 9.13 Å². The Morgan fingerprint density at radius 3 is 2.80 bits per heavy atom. The first kappa shape index (κ1) is 14.6. The summed E-state index contributed by atoms with van der Waals surface area (Å²) in [5, 5.41) is 8.68. The number of hydrogen-bond donors (Lipinski definition) is 1. The van der Waals surface area contributed by atoms with Crippen LogP contribution in [0.4, 0.5) is 0 Å². The van der Waals surface area contributed by atoms with E-state index in [1.54, 1.807) is 20.5 Å². The Hall–Kier alpha value is -1.77. The van der Waals surface area contributed by atoms with Gasteiger partial charge >= 0.3 is 5.69 Å². The molecular weight excluding hydrogens is 272 g/mol. The molecule has 0 aliphatic heterocycles. The monoisotopic (exact) mass is 290 g/mol. The molecule has 0 saturated carbocycles. The van der Waals surface area contributed by atoms with Crippen molar-refractivity contribution in [2.45, 2.75) is 32.9 Å². The summed E-state index contributed by atoms with van der Waals surface area (Å²) in [6, 6.07) is 4.12. The molecule has 0 bridgehead atoms. The summed E-state index contributed by atoms with van der Waals surface area (Å²) in [6.45, 7) is 4.64. The molecule has 0 spiro atoms. The van der Waals surface area contributed by atoms with Gasteiger partial charge in [0.05, 0.1) is 18.0 Å². The van der Waals surface area contributed by atoms with Crippen molar-refractivity contribution >= 4 is 11.3 Å². The molecule has 0 unspecified atom stereocenters. The smallest absolute Gasteiger partial charge is 0.328 e. The molecule has 0 aromatic carbocycles. The predicted molar refractivity (Wildman–Crippen MR) is 81.1 cm³/mol. The molecule has 5 heteroatoms. The molecule has 2 aromatic rings. The maximum Gasteiger partial charge on any atom is 0.328 e. The third kappa shape index (κ3) is 3.41. The standard InChI is InChI=1S/C15H18N2O2S/c1-12(2)17-9-8-16(15(17)19)11-14-7-6-13(20-14)5-3-4-10-18/h6-9,12,18H,4,10-11H2,1-2H3. The van der Waals surface area contributed by atoms with Crippen LogP contribution in [0.25, 0.3) is 0 Å². The lowest BCUT2D eigenvalue weighted by Gasteiger charge is -2.04. The van der Waals surface area contributed by atoms with Crippen LogP contribution in [0.3, 0.4) is 0 Å². The summed E-state index contributed by atoms with van der Waals surface area (Å²) in [6.07, 6.45) is 4.13. The van der Waals surface area contributed by atoms with E-state index in [0.717, 1.165) is 9.75 Å². The van der Waals surface area contributed by atoms with Gasteiger partial charge < -0.3 is 5.11 Å². The van der Waals surface area contributed by atoms with Gasteiger partial charge in [0.2, 0.25) is 0 Å². The summed E-state index contributed by atoms with van der Waals surface area (Å²) in [4.78, 5) is 14.2. The highest BCUT2D eigenvalue weighted by molar-refractivity contribution is 7.12. The molecule has 2 heterocycles. The SMILES string of the molecule is CC(C)n1ccn(Cc2ccc(C#CCCO)s2)c1=O. The zero-order valence-corrected chi connectivity index (χ0v) is 12.5. The highest BCUT2D eigenvalue weighted by Crippen LogP contribution is 2.16. The fourth-order valence-electron chi connectivity index (χ4n) is 1.84. The number of nitrogens with zero attached hydrogens (tertiary/aromatic N) is 2. The van der Waals surface area contributed by atoms with Gasteiger partial charge in [0, 0.05) is 29.7 Å². The molecule has 2 rings (SSSR count). The van der Waals surface area contributed by atoms with Crippen molar-refractivity contribution in [3.05, 3.63) is 44.8 Å². The zero-order valence-electron chi connectivity index (χ0n) is 11.7. The summed E-state index contributed by atoms with van der Waals surface area (Å²) >= 11 is 1.58. The summed E-state index contributed by atoms with van der Waals surface area (Å²) in [5.41, 5.74) is 0.0151. The molecular formula is C15H18N2O2S. The fraction of sp³-hybridized carbons (Fsp3) is 0.400. The Kier molecular flexibility index (Phi) is 4.83. The second kappa shape index (κ2) is 6.60. The summed E-state index contributed by atoms with van der Waals surface area (Å²) in [5.74, 6) is 5.90. The molecule has 0 amide bonds. The van der Waals surface area contributed by atoms with Crippen LogP contribution >= 0.6 is 11.3 Å². The van der Waals surface area contributed by atoms with Crippen molar-refractivity contribution in [2.75, 3.05) is 6.61 Å². The molecule has 106 valence electrons. The van der Waals surface area contributed by atoms with Crippen molar-refractivity contribution in [2.24, 2.45) is 0 Å². The molecule has 0 saturated heterocycles. The Bertz CT molecular complexity index is 683. The lowest BCUT2D eigenvalue weighted by Crippen LogP contribution is -2.25. The van der Waals surface area contributed by atoms with E-state index in [1.165, 1.54) is 0 Å². The van der Waals surface area contributed by atoms with Gasteiger partial charge in [-0.05, 0) is 26.0 Å². The van der Waals surface area contributed by atoms with Gasteiger partial charge in [0.1, 0.15) is 0 Å². The molecule has 0 atom stereocenters. The molecule has 0 fully saturated rings. The Balaban J connectivity index is 2.12. The molecule has 0 aliphatic rings. The van der Waals surface area contributed by atoms with E-state index >= 15 is 0 Å². The Morgan fingerprint density at radius 1 is 1.35 bits per heavy atom. The van der Waals surface area contributed by atoms with Gasteiger partial charge in [0.25, 0.3) is 0 Å². The lowest BCUT2D eigenvalue weighted by atomic mass is 10.4. The van der Waals surface area contributed by atoms with E-state index in [9.17, 15) is 4.79 Å². The maximum absolute atomic E-state index is 12.1. The van der Waals surface area contributed by atoms with E-state index < -0.39 is 0 Å². The number of aliphatic hydroxyl groups is 1. The molecule has 20 heavy (non-hydrogen) atoms. The first-order valence-electron chi connectivity index (χ1n) is 6.57. The normalized spacial score (nSPS) is 10.6. The topological polar surface area (TPSA) is 47.2 Å². The largest absolute Gasteiger partial charge is 0.395 e. The summed E-state index contributed by atoms with van der Waals surface area (Å²) < 4.78 is 3.42. The number of aromatic nitrogens is 2. The third-order valence-corrected chi connectivity index (χ3v) is 3.85. The predicted octanol–water partition coefficient (Wildman–Crippen LogP) is 2.07. The van der Waals surface area contributed by atoms with Crippen molar-refractivity contribution < 1.29 is 5.11 Å². The lowest BCUT2D eigenvalue weighted by molar-refractivity contribution is 0.305. The second-order valence-electron chi connectivity index (χ2n) is 4.75. The van der Waals surface area contributed by atoms with Crippen LogP contribution in [-0.4, -0.2) is 20.8 Å². The van der Waals surface area contributed by atoms with Crippen molar-refractivity contribution in [3.8, 4) is 11.8 Å². The van der Waals surface area contributed by atoms with Crippen molar-refractivity contribution in [3.63, 3.8) is 0 Å². The van der Waals surface area contributed by atoms with Gasteiger partial charge in [-0.2, -0.15) is 0 Å². The Morgan fingerprint density at radius 2 is 2.15 bits per heavy atom. The minimum atomic E-state index is 0.0151. The third-order valence-electron chi connectivity index (χ3n) is 2.87. The van der Waals surface area contributed by atoms with Crippen LogP contribution in [0, 0.1) is 11.8 Å². The van der Waals surface area contributed by atoms with Crippen LogP contribution < -0.4 is 5.69 Å². The zero-order chi connectivity index (χ0) is 14.5. The average molecular weight is 290 g/mol. The number of hydrogen-bond acceptors (Lipinski definition) is 3. The van der Waals surface area contributed by atoms with Gasteiger partial charge in [0.15, 0.2) is 0 Å². The molecule has 2 aromatic heterocycles. The van der Waals surface area contributed by atoms with E-state index in [-0.39, 0.29) is 18.3 Å². The van der Waals surface area contributed by atoms with E-state index in [4.69, 9.17) is 5.11 Å². The average Bonchev–Trinajstić information content (AvgIpc) is 2.99.